The molecule has 0 spiro atoms. The fourth-order valence-corrected chi connectivity index (χ4v) is 3.41. The van der Waals surface area contributed by atoms with Crippen molar-refractivity contribution in [1.82, 2.24) is 4.90 Å². The van der Waals surface area contributed by atoms with Gasteiger partial charge in [0.05, 0.1) is 16.1 Å². The Morgan fingerprint density at radius 1 is 1.35 bits per heavy atom. The molecular formula is C16H23Cl2NO. The third kappa shape index (κ3) is 4.11. The first kappa shape index (κ1) is 16.1. The van der Waals surface area contributed by atoms with Crippen LogP contribution in [-0.2, 0) is 0 Å². The molecule has 1 saturated heterocycles. The van der Waals surface area contributed by atoms with E-state index in [2.05, 4.69) is 18.7 Å². The smallest absolute Gasteiger partial charge is 0.0817 e. The minimum Gasteiger partial charge on any atom is -0.388 e. The van der Waals surface area contributed by atoms with Crippen LogP contribution in [0.1, 0.15) is 44.8 Å². The molecule has 1 aliphatic heterocycles. The van der Waals surface area contributed by atoms with Crippen LogP contribution in [-0.4, -0.2) is 29.6 Å². The summed E-state index contributed by atoms with van der Waals surface area (Å²) in [7, 11) is 0. The molecule has 0 aliphatic carbocycles. The summed E-state index contributed by atoms with van der Waals surface area (Å²) in [6.07, 6.45) is 2.66. The molecule has 1 atom stereocenters. The zero-order chi connectivity index (χ0) is 14.8. The van der Waals surface area contributed by atoms with Gasteiger partial charge in [0.1, 0.15) is 0 Å². The molecule has 20 heavy (non-hydrogen) atoms. The van der Waals surface area contributed by atoms with E-state index in [1.807, 2.05) is 12.1 Å². The lowest BCUT2D eigenvalue weighted by molar-refractivity contribution is 0.0900. The van der Waals surface area contributed by atoms with Crippen LogP contribution in [0.2, 0.25) is 10.0 Å². The van der Waals surface area contributed by atoms with E-state index in [0.29, 0.717) is 21.9 Å². The maximum atomic E-state index is 10.3. The summed E-state index contributed by atoms with van der Waals surface area (Å²) in [4.78, 5) is 2.44. The number of nitrogens with zero attached hydrogens (tertiary/aromatic N) is 1. The number of benzene rings is 1. The Morgan fingerprint density at radius 3 is 2.80 bits per heavy atom. The van der Waals surface area contributed by atoms with Gasteiger partial charge < -0.3 is 10.0 Å². The average molecular weight is 316 g/mol. The van der Waals surface area contributed by atoms with Crippen LogP contribution in [0.15, 0.2) is 18.2 Å². The first-order valence-electron chi connectivity index (χ1n) is 7.23. The maximum Gasteiger partial charge on any atom is 0.0817 e. The zero-order valence-corrected chi connectivity index (χ0v) is 13.7. The summed E-state index contributed by atoms with van der Waals surface area (Å²) in [5, 5.41) is 11.3. The highest BCUT2D eigenvalue weighted by Gasteiger charge is 2.26. The SMILES string of the molecule is CC1(C)CCCN(CCC(O)c2cccc(Cl)c2Cl)C1. The van der Waals surface area contributed by atoms with Crippen LogP contribution >= 0.6 is 23.2 Å². The summed E-state index contributed by atoms with van der Waals surface area (Å²) in [6, 6.07) is 5.42. The van der Waals surface area contributed by atoms with E-state index in [1.54, 1.807) is 6.07 Å². The van der Waals surface area contributed by atoms with Gasteiger partial charge in [-0.25, -0.2) is 0 Å². The van der Waals surface area contributed by atoms with Crippen molar-refractivity contribution in [2.45, 2.75) is 39.2 Å². The van der Waals surface area contributed by atoms with E-state index in [-0.39, 0.29) is 0 Å². The Morgan fingerprint density at radius 2 is 2.10 bits per heavy atom. The maximum absolute atomic E-state index is 10.3. The van der Waals surface area contributed by atoms with Gasteiger partial charge in [-0.2, -0.15) is 0 Å². The molecule has 1 N–H and O–H groups in total. The number of hydrogen-bond acceptors (Lipinski definition) is 2. The Labute approximate surface area is 131 Å². The molecule has 1 aliphatic rings. The van der Waals surface area contributed by atoms with E-state index in [9.17, 15) is 5.11 Å². The molecule has 1 aromatic carbocycles. The Bertz CT molecular complexity index is 462. The minimum atomic E-state index is -0.550. The molecular weight excluding hydrogens is 293 g/mol. The van der Waals surface area contributed by atoms with Gasteiger partial charge in [-0.05, 0) is 37.3 Å². The largest absolute Gasteiger partial charge is 0.388 e. The zero-order valence-electron chi connectivity index (χ0n) is 12.2. The molecule has 4 heteroatoms. The number of likely N-dealkylation sites (tertiary alicyclic amines) is 1. The van der Waals surface area contributed by atoms with Crippen LogP contribution in [0.5, 0.6) is 0 Å². The van der Waals surface area contributed by atoms with Crippen molar-refractivity contribution in [2.24, 2.45) is 5.41 Å². The van der Waals surface area contributed by atoms with Gasteiger partial charge in [0, 0.05) is 18.7 Å². The number of halogens is 2. The first-order chi connectivity index (χ1) is 9.39. The van der Waals surface area contributed by atoms with E-state index in [1.165, 1.54) is 12.8 Å². The minimum absolute atomic E-state index is 0.386. The molecule has 1 unspecified atom stereocenters. The van der Waals surface area contributed by atoms with Gasteiger partial charge in [-0.1, -0.05) is 49.2 Å². The molecule has 112 valence electrons. The quantitative estimate of drug-likeness (QED) is 0.881. The van der Waals surface area contributed by atoms with Crippen molar-refractivity contribution >= 4 is 23.2 Å². The highest BCUT2D eigenvalue weighted by molar-refractivity contribution is 6.42. The third-order valence-electron chi connectivity index (χ3n) is 4.04. The van der Waals surface area contributed by atoms with Crippen molar-refractivity contribution < 1.29 is 5.11 Å². The molecule has 1 aromatic rings. The predicted molar refractivity (Wildman–Crippen MR) is 85.5 cm³/mol. The lowest BCUT2D eigenvalue weighted by atomic mass is 9.84. The first-order valence-corrected chi connectivity index (χ1v) is 7.99. The summed E-state index contributed by atoms with van der Waals surface area (Å²) in [5.41, 5.74) is 1.12. The molecule has 0 aromatic heterocycles. The number of piperidine rings is 1. The van der Waals surface area contributed by atoms with E-state index in [0.717, 1.165) is 25.2 Å². The van der Waals surface area contributed by atoms with Gasteiger partial charge in [0.15, 0.2) is 0 Å². The predicted octanol–water partition coefficient (Wildman–Crippen LogP) is 4.54. The Kier molecular flexibility index (Phi) is 5.36. The molecule has 0 bridgehead atoms. The van der Waals surface area contributed by atoms with E-state index >= 15 is 0 Å². The van der Waals surface area contributed by atoms with Crippen molar-refractivity contribution in [3.05, 3.63) is 33.8 Å². The van der Waals surface area contributed by atoms with Crippen LogP contribution in [0.3, 0.4) is 0 Å². The van der Waals surface area contributed by atoms with Gasteiger partial charge in [-0.15, -0.1) is 0 Å². The second-order valence-corrected chi connectivity index (χ2v) is 7.28. The average Bonchev–Trinajstić information content (AvgIpc) is 2.38. The second kappa shape index (κ2) is 6.65. The lowest BCUT2D eigenvalue weighted by Crippen LogP contribution is -2.40. The molecule has 2 rings (SSSR count). The molecule has 0 amide bonds. The number of aliphatic hydroxyl groups excluding tert-OH is 1. The van der Waals surface area contributed by atoms with E-state index < -0.39 is 6.10 Å². The van der Waals surface area contributed by atoms with Crippen LogP contribution in [0.25, 0.3) is 0 Å². The summed E-state index contributed by atoms with van der Waals surface area (Å²) in [5.74, 6) is 0. The van der Waals surface area contributed by atoms with Gasteiger partial charge in [-0.3, -0.25) is 0 Å². The van der Waals surface area contributed by atoms with Crippen molar-refractivity contribution in [2.75, 3.05) is 19.6 Å². The van der Waals surface area contributed by atoms with Crippen LogP contribution < -0.4 is 0 Å². The summed E-state index contributed by atoms with van der Waals surface area (Å²) >= 11 is 12.1. The fraction of sp³-hybridized carbons (Fsp3) is 0.625. The van der Waals surface area contributed by atoms with Crippen LogP contribution in [0.4, 0.5) is 0 Å². The van der Waals surface area contributed by atoms with E-state index in [4.69, 9.17) is 23.2 Å². The van der Waals surface area contributed by atoms with Gasteiger partial charge >= 0.3 is 0 Å². The van der Waals surface area contributed by atoms with Gasteiger partial charge in [0.25, 0.3) is 0 Å². The van der Waals surface area contributed by atoms with Crippen molar-refractivity contribution in [1.29, 1.82) is 0 Å². The van der Waals surface area contributed by atoms with Crippen molar-refractivity contribution in [3.8, 4) is 0 Å². The van der Waals surface area contributed by atoms with Gasteiger partial charge in [0.2, 0.25) is 0 Å². The molecule has 1 fully saturated rings. The second-order valence-electron chi connectivity index (χ2n) is 6.49. The number of aliphatic hydroxyl groups is 1. The van der Waals surface area contributed by atoms with Crippen molar-refractivity contribution in [3.63, 3.8) is 0 Å². The monoisotopic (exact) mass is 315 g/mol. The molecule has 2 nitrogen and oxygen atoms in total. The summed E-state index contributed by atoms with van der Waals surface area (Å²) < 4.78 is 0. The molecule has 1 heterocycles. The number of hydrogen-bond donors (Lipinski definition) is 1. The highest BCUT2D eigenvalue weighted by atomic mass is 35.5. The topological polar surface area (TPSA) is 23.5 Å². The summed E-state index contributed by atoms with van der Waals surface area (Å²) in [6.45, 7) is 7.74. The Balaban J connectivity index is 1.92. The molecule has 0 saturated carbocycles. The fourth-order valence-electron chi connectivity index (χ4n) is 2.97. The third-order valence-corrected chi connectivity index (χ3v) is 4.87. The Hall–Kier alpha value is -0.280. The standard InChI is InChI=1S/C16H23Cl2NO/c1-16(2)8-4-9-19(11-16)10-7-14(20)12-5-3-6-13(17)15(12)18/h3,5-6,14,20H,4,7-11H2,1-2H3. The number of rotatable bonds is 4. The van der Waals surface area contributed by atoms with Crippen LogP contribution in [0, 0.1) is 5.41 Å². The molecule has 0 radical (unpaired) electrons. The highest BCUT2D eigenvalue weighted by Crippen LogP contribution is 2.32. The normalized spacial score (nSPS) is 20.9. The lowest BCUT2D eigenvalue weighted by Gasteiger charge is -2.38.